The number of aliphatic hydroxyl groups is 1. The van der Waals surface area contributed by atoms with E-state index in [-0.39, 0.29) is 23.7 Å². The van der Waals surface area contributed by atoms with Gasteiger partial charge in [-0.05, 0) is 54.8 Å². The van der Waals surface area contributed by atoms with E-state index in [1.807, 2.05) is 54.6 Å². The Bertz CT molecular complexity index is 974. The van der Waals surface area contributed by atoms with E-state index in [1.165, 1.54) is 12.1 Å². The van der Waals surface area contributed by atoms with Crippen molar-refractivity contribution in [2.75, 3.05) is 13.1 Å². The summed E-state index contributed by atoms with van der Waals surface area (Å²) < 4.78 is 18.8. The van der Waals surface area contributed by atoms with Gasteiger partial charge < -0.3 is 9.84 Å². The Morgan fingerprint density at radius 2 is 1.60 bits per heavy atom. The topological polar surface area (TPSA) is 49.8 Å². The molecule has 2 unspecified atom stereocenters. The van der Waals surface area contributed by atoms with Gasteiger partial charge in [-0.3, -0.25) is 9.69 Å². The van der Waals surface area contributed by atoms with Crippen molar-refractivity contribution in [2.45, 2.75) is 25.0 Å². The van der Waals surface area contributed by atoms with E-state index in [0.717, 1.165) is 5.56 Å². The number of carbonyl (C=O) groups excluding carboxylic acids is 1. The first-order valence-electron chi connectivity index (χ1n) is 10.1. The summed E-state index contributed by atoms with van der Waals surface area (Å²) in [7, 11) is 0. The van der Waals surface area contributed by atoms with Crippen molar-refractivity contribution in [1.29, 1.82) is 0 Å². The molecule has 0 aliphatic carbocycles. The number of aliphatic hydroxyl groups excluding tert-OH is 1. The van der Waals surface area contributed by atoms with Crippen LogP contribution < -0.4 is 4.74 Å². The Balaban J connectivity index is 1.47. The molecule has 0 saturated carbocycles. The van der Waals surface area contributed by atoms with Crippen LogP contribution in [0.3, 0.4) is 0 Å². The van der Waals surface area contributed by atoms with Gasteiger partial charge in [-0.15, -0.1) is 0 Å². The summed E-state index contributed by atoms with van der Waals surface area (Å²) >= 11 is 0. The van der Waals surface area contributed by atoms with Crippen LogP contribution in [-0.4, -0.2) is 35.0 Å². The zero-order valence-electron chi connectivity index (χ0n) is 16.6. The number of carbonyl (C=O) groups is 1. The van der Waals surface area contributed by atoms with E-state index in [0.29, 0.717) is 43.0 Å². The number of ketones is 1. The molecule has 154 valence electrons. The van der Waals surface area contributed by atoms with Crippen LogP contribution in [0, 0.1) is 5.82 Å². The molecule has 1 fully saturated rings. The lowest BCUT2D eigenvalue weighted by Gasteiger charge is -2.37. The fourth-order valence-corrected chi connectivity index (χ4v) is 3.83. The highest BCUT2D eigenvalue weighted by molar-refractivity contribution is 5.97. The van der Waals surface area contributed by atoms with Crippen LogP contribution >= 0.6 is 0 Å². The summed E-state index contributed by atoms with van der Waals surface area (Å²) in [5, 5.41) is 10.2. The predicted molar refractivity (Wildman–Crippen MR) is 113 cm³/mol. The zero-order valence-corrected chi connectivity index (χ0v) is 16.6. The van der Waals surface area contributed by atoms with E-state index in [4.69, 9.17) is 4.74 Å². The van der Waals surface area contributed by atoms with Crippen molar-refractivity contribution in [3.8, 4) is 11.5 Å². The van der Waals surface area contributed by atoms with E-state index >= 15 is 0 Å². The fourth-order valence-electron chi connectivity index (χ4n) is 3.83. The van der Waals surface area contributed by atoms with Gasteiger partial charge >= 0.3 is 0 Å². The molecule has 0 amide bonds. The minimum atomic E-state index is -0.381. The molecule has 0 aromatic heterocycles. The normalized spacial score (nSPS) is 19.4. The summed E-state index contributed by atoms with van der Waals surface area (Å²) in [5.41, 5.74) is 1.73. The smallest absolute Gasteiger partial charge is 0.176 e. The summed E-state index contributed by atoms with van der Waals surface area (Å²) in [5.74, 6) is 0.980. The predicted octanol–water partition coefficient (Wildman–Crippen LogP) is 5.00. The Morgan fingerprint density at radius 3 is 2.27 bits per heavy atom. The molecule has 0 radical (unpaired) electrons. The lowest BCUT2D eigenvalue weighted by Crippen LogP contribution is -2.41. The van der Waals surface area contributed by atoms with Gasteiger partial charge in [0, 0.05) is 18.2 Å². The van der Waals surface area contributed by atoms with Crippen molar-refractivity contribution >= 4 is 5.78 Å². The Labute approximate surface area is 175 Å². The molecule has 4 nitrogen and oxygen atoms in total. The molecule has 3 aromatic rings. The van der Waals surface area contributed by atoms with Gasteiger partial charge in [-0.2, -0.15) is 0 Å². The quantitative estimate of drug-likeness (QED) is 0.587. The lowest BCUT2D eigenvalue weighted by molar-refractivity contribution is 0.0390. The van der Waals surface area contributed by atoms with Crippen LogP contribution in [0.25, 0.3) is 0 Å². The van der Waals surface area contributed by atoms with Gasteiger partial charge in [0.05, 0.1) is 12.6 Å². The van der Waals surface area contributed by atoms with Gasteiger partial charge in [0.1, 0.15) is 17.3 Å². The standard InChI is InChI=1S/C25H24FNO3/c26-20-8-12-23(13-9-20)30-22-10-6-18(7-11-22)24-16-21(28)14-15-27(24)17-25(29)19-4-2-1-3-5-19/h1-13,21,24,28H,14-17H2. The largest absolute Gasteiger partial charge is 0.457 e. The van der Waals surface area contributed by atoms with Crippen molar-refractivity contribution < 1.29 is 19.0 Å². The summed E-state index contributed by atoms with van der Waals surface area (Å²) in [4.78, 5) is 14.8. The number of ether oxygens (including phenoxy) is 1. The van der Waals surface area contributed by atoms with Gasteiger partial charge in [-0.1, -0.05) is 42.5 Å². The number of likely N-dealkylation sites (tertiary alicyclic amines) is 1. The number of nitrogens with zero attached hydrogens (tertiary/aromatic N) is 1. The van der Waals surface area contributed by atoms with Crippen molar-refractivity contribution in [2.24, 2.45) is 0 Å². The maximum Gasteiger partial charge on any atom is 0.176 e. The Kier molecular flexibility index (Phi) is 6.21. The third-order valence-electron chi connectivity index (χ3n) is 5.44. The van der Waals surface area contributed by atoms with E-state index in [2.05, 4.69) is 4.90 Å². The lowest BCUT2D eigenvalue weighted by atomic mass is 9.92. The third-order valence-corrected chi connectivity index (χ3v) is 5.44. The number of Topliss-reactive ketones (excluding diaryl/α,β-unsaturated/α-hetero) is 1. The van der Waals surface area contributed by atoms with Crippen LogP contribution in [0.4, 0.5) is 4.39 Å². The molecule has 3 aromatic carbocycles. The van der Waals surface area contributed by atoms with Crippen molar-refractivity contribution in [3.05, 3.63) is 95.8 Å². The van der Waals surface area contributed by atoms with Crippen LogP contribution in [0.15, 0.2) is 78.9 Å². The number of hydrogen-bond donors (Lipinski definition) is 1. The number of benzene rings is 3. The number of piperidine rings is 1. The molecular formula is C25H24FNO3. The molecule has 1 saturated heterocycles. The summed E-state index contributed by atoms with van der Waals surface area (Å²) in [6.07, 6.45) is 0.859. The van der Waals surface area contributed by atoms with Gasteiger partial charge in [-0.25, -0.2) is 4.39 Å². The first-order chi connectivity index (χ1) is 14.6. The van der Waals surface area contributed by atoms with Crippen molar-refractivity contribution in [1.82, 2.24) is 4.90 Å². The van der Waals surface area contributed by atoms with Gasteiger partial charge in [0.2, 0.25) is 0 Å². The third kappa shape index (κ3) is 4.93. The second-order valence-corrected chi connectivity index (χ2v) is 7.58. The number of halogens is 1. The molecule has 30 heavy (non-hydrogen) atoms. The highest BCUT2D eigenvalue weighted by Gasteiger charge is 2.30. The van der Waals surface area contributed by atoms with Crippen LogP contribution in [0.5, 0.6) is 11.5 Å². The minimum absolute atomic E-state index is 0.0405. The van der Waals surface area contributed by atoms with E-state index in [9.17, 15) is 14.3 Å². The number of hydrogen-bond acceptors (Lipinski definition) is 4. The molecule has 0 bridgehead atoms. The zero-order chi connectivity index (χ0) is 20.9. The summed E-state index contributed by atoms with van der Waals surface area (Å²) in [6, 6.07) is 22.8. The first kappa shape index (κ1) is 20.3. The minimum Gasteiger partial charge on any atom is -0.457 e. The second-order valence-electron chi connectivity index (χ2n) is 7.58. The van der Waals surface area contributed by atoms with Gasteiger partial charge in [0.25, 0.3) is 0 Å². The maximum atomic E-state index is 13.0. The Morgan fingerprint density at radius 1 is 0.967 bits per heavy atom. The average Bonchev–Trinajstić information content (AvgIpc) is 2.78. The molecule has 4 rings (SSSR count). The molecule has 1 aliphatic heterocycles. The molecule has 1 aliphatic rings. The molecular weight excluding hydrogens is 381 g/mol. The SMILES string of the molecule is O=C(CN1CCC(O)CC1c1ccc(Oc2ccc(F)cc2)cc1)c1ccccc1. The molecule has 0 spiro atoms. The maximum absolute atomic E-state index is 13.0. The average molecular weight is 405 g/mol. The molecule has 5 heteroatoms. The highest BCUT2D eigenvalue weighted by atomic mass is 19.1. The van der Waals surface area contributed by atoms with Crippen LogP contribution in [0.1, 0.15) is 34.8 Å². The monoisotopic (exact) mass is 405 g/mol. The van der Waals surface area contributed by atoms with Crippen molar-refractivity contribution in [3.63, 3.8) is 0 Å². The van der Waals surface area contributed by atoms with Crippen LogP contribution in [0.2, 0.25) is 0 Å². The summed E-state index contributed by atoms with van der Waals surface area (Å²) in [6.45, 7) is 0.980. The Hall–Kier alpha value is -3.02. The van der Waals surface area contributed by atoms with E-state index in [1.54, 1.807) is 12.1 Å². The first-order valence-corrected chi connectivity index (χ1v) is 10.1. The highest BCUT2D eigenvalue weighted by Crippen LogP contribution is 2.33. The van der Waals surface area contributed by atoms with Gasteiger partial charge in [0.15, 0.2) is 5.78 Å². The van der Waals surface area contributed by atoms with Crippen LogP contribution in [-0.2, 0) is 0 Å². The van der Waals surface area contributed by atoms with E-state index < -0.39 is 0 Å². The number of rotatable bonds is 6. The molecule has 2 atom stereocenters. The molecule has 1 heterocycles. The molecule has 1 N–H and O–H groups in total. The second kappa shape index (κ2) is 9.20. The fraction of sp³-hybridized carbons (Fsp3) is 0.240.